The Morgan fingerprint density at radius 1 is 1.23 bits per heavy atom. The largest absolute Gasteiger partial charge is 0.326 e. The van der Waals surface area contributed by atoms with E-state index in [1.54, 1.807) is 4.90 Å². The molecule has 0 saturated carbocycles. The molecule has 1 aromatic heterocycles. The van der Waals surface area contributed by atoms with Crippen LogP contribution in [0, 0.1) is 19.8 Å². The molecule has 3 aromatic rings. The molecule has 1 saturated heterocycles. The van der Waals surface area contributed by atoms with Crippen molar-refractivity contribution >= 4 is 34.2 Å². The molecule has 6 heteroatoms. The summed E-state index contributed by atoms with van der Waals surface area (Å²) in [5.74, 6) is -0.0109. The van der Waals surface area contributed by atoms with Gasteiger partial charge in [-0.25, -0.2) is 0 Å². The number of nitrogens with one attached hydrogen (secondary N) is 2. The van der Waals surface area contributed by atoms with E-state index in [9.17, 15) is 9.59 Å². The van der Waals surface area contributed by atoms with Crippen LogP contribution in [-0.4, -0.2) is 28.6 Å². The quantitative estimate of drug-likeness (QED) is 0.763. The fourth-order valence-corrected chi connectivity index (χ4v) is 3.35. The van der Waals surface area contributed by atoms with E-state index in [-0.39, 0.29) is 18.2 Å². The van der Waals surface area contributed by atoms with Gasteiger partial charge in [0.25, 0.3) is 0 Å². The van der Waals surface area contributed by atoms with Crippen LogP contribution >= 0.6 is 0 Å². The molecule has 0 spiro atoms. The van der Waals surface area contributed by atoms with E-state index >= 15 is 0 Å². The smallest absolute Gasteiger partial charge is 0.229 e. The lowest BCUT2D eigenvalue weighted by Gasteiger charge is -2.15. The number of anilines is 2. The number of fused-ring (bicyclic) bond motifs is 1. The molecule has 26 heavy (non-hydrogen) atoms. The van der Waals surface area contributed by atoms with Gasteiger partial charge in [-0.1, -0.05) is 24.3 Å². The molecule has 2 aromatic carbocycles. The number of rotatable bonds is 3. The number of carbonyl (C=O) groups excluding carboxylic acids is 2. The van der Waals surface area contributed by atoms with Crippen molar-refractivity contribution in [1.82, 2.24) is 10.2 Å². The lowest BCUT2D eigenvalue weighted by molar-refractivity contribution is -0.122. The molecule has 0 aliphatic carbocycles. The van der Waals surface area contributed by atoms with Crippen LogP contribution in [0.1, 0.15) is 17.5 Å². The molecular weight excluding hydrogens is 328 g/mol. The van der Waals surface area contributed by atoms with Crippen molar-refractivity contribution in [1.29, 1.82) is 0 Å². The van der Waals surface area contributed by atoms with E-state index in [1.165, 1.54) is 0 Å². The maximum absolute atomic E-state index is 12.7. The highest BCUT2D eigenvalue weighted by Crippen LogP contribution is 2.30. The Morgan fingerprint density at radius 2 is 2.04 bits per heavy atom. The molecule has 2 amide bonds. The van der Waals surface area contributed by atoms with Crippen LogP contribution in [0.3, 0.4) is 0 Å². The van der Waals surface area contributed by atoms with Crippen molar-refractivity contribution < 1.29 is 9.59 Å². The highest BCUT2D eigenvalue weighted by atomic mass is 16.2. The number of aryl methyl sites for hydroxylation is 2. The van der Waals surface area contributed by atoms with Gasteiger partial charge in [-0.3, -0.25) is 19.6 Å². The molecule has 1 fully saturated rings. The van der Waals surface area contributed by atoms with E-state index < -0.39 is 5.92 Å². The summed E-state index contributed by atoms with van der Waals surface area (Å²) in [7, 11) is 0. The summed E-state index contributed by atoms with van der Waals surface area (Å²) < 4.78 is 0. The number of para-hydroxylation sites is 1. The van der Waals surface area contributed by atoms with E-state index in [0.717, 1.165) is 27.7 Å². The summed E-state index contributed by atoms with van der Waals surface area (Å²) >= 11 is 0. The zero-order valence-corrected chi connectivity index (χ0v) is 14.7. The number of carbonyl (C=O) groups is 2. The second-order valence-corrected chi connectivity index (χ2v) is 6.81. The number of H-pyrrole nitrogens is 1. The lowest BCUT2D eigenvalue weighted by atomic mass is 10.1. The van der Waals surface area contributed by atoms with Crippen LogP contribution in [0.15, 0.2) is 42.5 Å². The Kier molecular flexibility index (Phi) is 3.95. The maximum atomic E-state index is 12.7. The molecule has 4 rings (SSSR count). The van der Waals surface area contributed by atoms with E-state index in [1.807, 2.05) is 56.3 Å². The number of benzene rings is 2. The summed E-state index contributed by atoms with van der Waals surface area (Å²) in [5.41, 5.74) is 3.76. The highest BCUT2D eigenvalue weighted by molar-refractivity contribution is 6.07. The van der Waals surface area contributed by atoms with Crippen molar-refractivity contribution in [2.24, 2.45) is 5.92 Å². The number of hydrogen-bond acceptors (Lipinski definition) is 3. The molecule has 0 bridgehead atoms. The Labute approximate surface area is 151 Å². The number of amides is 2. The molecule has 0 radical (unpaired) electrons. The summed E-state index contributed by atoms with van der Waals surface area (Å²) in [6, 6.07) is 13.6. The third-order valence-electron chi connectivity index (χ3n) is 4.85. The standard InChI is InChI=1S/C20H20N4O2/c1-12-7-8-13(2)17(9-12)21-20(26)14-10-18(25)24(11-14)19-15-5-3-4-6-16(15)22-23-19/h3-9,14H,10-11H2,1-2H3,(H,21,26)(H,22,23)/t14-/m1/s1. The van der Waals surface area contributed by atoms with E-state index in [2.05, 4.69) is 15.5 Å². The minimum atomic E-state index is -0.391. The third kappa shape index (κ3) is 2.83. The van der Waals surface area contributed by atoms with Crippen molar-refractivity contribution in [3.05, 3.63) is 53.6 Å². The first-order valence-electron chi connectivity index (χ1n) is 8.64. The monoisotopic (exact) mass is 348 g/mol. The Hall–Kier alpha value is -3.15. The molecule has 2 N–H and O–H groups in total. The van der Waals surface area contributed by atoms with Crippen LogP contribution in [0.2, 0.25) is 0 Å². The second kappa shape index (κ2) is 6.29. The summed E-state index contributed by atoms with van der Waals surface area (Å²) in [6.07, 6.45) is 0.192. The fraction of sp³-hybridized carbons (Fsp3) is 0.250. The molecule has 6 nitrogen and oxygen atoms in total. The highest BCUT2D eigenvalue weighted by Gasteiger charge is 2.37. The van der Waals surface area contributed by atoms with Crippen molar-refractivity contribution in [2.45, 2.75) is 20.3 Å². The zero-order chi connectivity index (χ0) is 18.3. The van der Waals surface area contributed by atoms with Gasteiger partial charge in [0.1, 0.15) is 0 Å². The van der Waals surface area contributed by atoms with Crippen LogP contribution in [0.5, 0.6) is 0 Å². The average Bonchev–Trinajstić information content (AvgIpc) is 3.21. The van der Waals surface area contributed by atoms with Crippen molar-refractivity contribution in [3.63, 3.8) is 0 Å². The van der Waals surface area contributed by atoms with Gasteiger partial charge in [0.2, 0.25) is 11.8 Å². The average molecular weight is 348 g/mol. The zero-order valence-electron chi connectivity index (χ0n) is 14.7. The fourth-order valence-electron chi connectivity index (χ4n) is 3.35. The molecule has 132 valence electrons. The van der Waals surface area contributed by atoms with Gasteiger partial charge in [-0.05, 0) is 43.2 Å². The van der Waals surface area contributed by atoms with Gasteiger partial charge in [-0.2, -0.15) is 5.10 Å². The van der Waals surface area contributed by atoms with E-state index in [0.29, 0.717) is 12.4 Å². The molecular formula is C20H20N4O2. The van der Waals surface area contributed by atoms with Gasteiger partial charge in [-0.15, -0.1) is 0 Å². The predicted octanol–water partition coefficient (Wildman–Crippen LogP) is 3.17. The first kappa shape index (κ1) is 16.3. The van der Waals surface area contributed by atoms with Gasteiger partial charge in [0.15, 0.2) is 5.82 Å². The van der Waals surface area contributed by atoms with Crippen LogP contribution in [0.25, 0.3) is 10.9 Å². The second-order valence-electron chi connectivity index (χ2n) is 6.81. The Morgan fingerprint density at radius 3 is 2.88 bits per heavy atom. The molecule has 1 aliphatic rings. The normalized spacial score (nSPS) is 17.1. The molecule has 1 aliphatic heterocycles. The molecule has 2 heterocycles. The van der Waals surface area contributed by atoms with Gasteiger partial charge in [0, 0.05) is 24.0 Å². The van der Waals surface area contributed by atoms with Gasteiger partial charge in [0.05, 0.1) is 11.4 Å². The predicted molar refractivity (Wildman–Crippen MR) is 101 cm³/mol. The first-order chi connectivity index (χ1) is 12.5. The van der Waals surface area contributed by atoms with Crippen LogP contribution in [0.4, 0.5) is 11.5 Å². The van der Waals surface area contributed by atoms with Crippen LogP contribution in [-0.2, 0) is 9.59 Å². The van der Waals surface area contributed by atoms with Crippen molar-refractivity contribution in [2.75, 3.05) is 16.8 Å². The molecule has 1 atom stereocenters. The topological polar surface area (TPSA) is 78.1 Å². The summed E-state index contributed by atoms with van der Waals surface area (Å²) in [6.45, 7) is 4.28. The number of aromatic amines is 1. The maximum Gasteiger partial charge on any atom is 0.229 e. The Balaban J connectivity index is 1.54. The minimum Gasteiger partial charge on any atom is -0.326 e. The number of hydrogen-bond donors (Lipinski definition) is 2. The van der Waals surface area contributed by atoms with Crippen molar-refractivity contribution in [3.8, 4) is 0 Å². The lowest BCUT2D eigenvalue weighted by Crippen LogP contribution is -2.28. The molecule has 0 unspecified atom stereocenters. The van der Waals surface area contributed by atoms with Crippen LogP contribution < -0.4 is 10.2 Å². The van der Waals surface area contributed by atoms with Gasteiger partial charge >= 0.3 is 0 Å². The van der Waals surface area contributed by atoms with E-state index in [4.69, 9.17) is 0 Å². The first-order valence-corrected chi connectivity index (χ1v) is 8.64. The number of aromatic nitrogens is 2. The minimum absolute atomic E-state index is 0.0802. The summed E-state index contributed by atoms with van der Waals surface area (Å²) in [5, 5.41) is 11.1. The van der Waals surface area contributed by atoms with Gasteiger partial charge < -0.3 is 5.32 Å². The summed E-state index contributed by atoms with van der Waals surface area (Å²) in [4.78, 5) is 26.8. The SMILES string of the molecule is Cc1ccc(C)c(NC(=O)[C@@H]2CC(=O)N(c3n[nH]c4ccccc34)C2)c1. The number of nitrogens with zero attached hydrogens (tertiary/aromatic N) is 2. The Bertz CT molecular complexity index is 1010. The third-order valence-corrected chi connectivity index (χ3v) is 4.85.